The van der Waals surface area contributed by atoms with Gasteiger partial charge < -0.3 is 10.6 Å². The Morgan fingerprint density at radius 3 is 2.62 bits per heavy atom. The summed E-state index contributed by atoms with van der Waals surface area (Å²) in [6.45, 7) is 0.425. The van der Waals surface area contributed by atoms with Gasteiger partial charge in [0.25, 0.3) is 0 Å². The molecule has 0 unspecified atom stereocenters. The number of aromatic nitrogens is 4. The van der Waals surface area contributed by atoms with Crippen LogP contribution in [-0.2, 0) is 19.6 Å². The molecule has 0 aliphatic carbocycles. The molecule has 0 aromatic carbocycles. The van der Waals surface area contributed by atoms with Crippen molar-refractivity contribution in [3.05, 3.63) is 29.7 Å². The third kappa shape index (κ3) is 4.07. The van der Waals surface area contributed by atoms with Gasteiger partial charge in [-0.25, -0.2) is 4.98 Å². The molecule has 9 heteroatoms. The minimum Gasteiger partial charge on any atom is -0.370 e. The number of hydrogen-bond acceptors (Lipinski definition) is 5. The Labute approximate surface area is 119 Å². The highest BCUT2D eigenvalue weighted by molar-refractivity contribution is 5.42. The van der Waals surface area contributed by atoms with E-state index in [0.717, 1.165) is 11.8 Å². The maximum absolute atomic E-state index is 12.7. The molecule has 6 nitrogen and oxygen atoms in total. The standard InChI is InChI=1S/C12H15F3N6/c1-16-11-18-9(12(13,14)15)7-10(19-11)17-5-3-8-4-6-21(2)20-8/h4,6-7H,3,5H2,1-2H3,(H2,16,17,18,19). The molecular weight excluding hydrogens is 285 g/mol. The molecule has 0 amide bonds. The molecule has 0 aliphatic heterocycles. The number of anilines is 2. The topological polar surface area (TPSA) is 67.7 Å². The van der Waals surface area contributed by atoms with Gasteiger partial charge in [-0.1, -0.05) is 0 Å². The van der Waals surface area contributed by atoms with Crippen molar-refractivity contribution in [1.82, 2.24) is 19.7 Å². The molecule has 0 saturated carbocycles. The molecule has 2 heterocycles. The van der Waals surface area contributed by atoms with Gasteiger partial charge in [-0.05, 0) is 6.07 Å². The van der Waals surface area contributed by atoms with E-state index in [-0.39, 0.29) is 11.8 Å². The van der Waals surface area contributed by atoms with Crippen LogP contribution in [0.3, 0.4) is 0 Å². The Morgan fingerprint density at radius 1 is 1.29 bits per heavy atom. The van der Waals surface area contributed by atoms with Crippen LogP contribution in [0.4, 0.5) is 24.9 Å². The van der Waals surface area contributed by atoms with Gasteiger partial charge in [-0.3, -0.25) is 4.68 Å². The van der Waals surface area contributed by atoms with Gasteiger partial charge in [0.15, 0.2) is 5.69 Å². The van der Waals surface area contributed by atoms with Crippen molar-refractivity contribution in [2.24, 2.45) is 7.05 Å². The third-order valence-corrected chi connectivity index (χ3v) is 2.70. The minimum atomic E-state index is -4.51. The van der Waals surface area contributed by atoms with Gasteiger partial charge in [0, 0.05) is 39.3 Å². The highest BCUT2D eigenvalue weighted by Gasteiger charge is 2.33. The van der Waals surface area contributed by atoms with Gasteiger partial charge >= 0.3 is 6.18 Å². The zero-order valence-corrected chi connectivity index (χ0v) is 11.6. The van der Waals surface area contributed by atoms with E-state index in [1.807, 2.05) is 6.07 Å². The highest BCUT2D eigenvalue weighted by Crippen LogP contribution is 2.29. The highest BCUT2D eigenvalue weighted by atomic mass is 19.4. The van der Waals surface area contributed by atoms with Crippen molar-refractivity contribution >= 4 is 11.8 Å². The second-order valence-electron chi connectivity index (χ2n) is 4.37. The molecule has 0 radical (unpaired) electrons. The monoisotopic (exact) mass is 300 g/mol. The summed E-state index contributed by atoms with van der Waals surface area (Å²) in [7, 11) is 3.27. The van der Waals surface area contributed by atoms with Crippen LogP contribution in [0, 0.1) is 0 Å². The number of hydrogen-bond donors (Lipinski definition) is 2. The lowest BCUT2D eigenvalue weighted by Crippen LogP contribution is -2.14. The summed E-state index contributed by atoms with van der Waals surface area (Å²) in [5, 5.41) is 9.55. The van der Waals surface area contributed by atoms with Crippen molar-refractivity contribution in [2.45, 2.75) is 12.6 Å². The van der Waals surface area contributed by atoms with E-state index >= 15 is 0 Å². The molecule has 0 aliphatic rings. The maximum Gasteiger partial charge on any atom is 0.433 e. The molecule has 0 spiro atoms. The van der Waals surface area contributed by atoms with Crippen molar-refractivity contribution in [2.75, 3.05) is 24.2 Å². The van der Waals surface area contributed by atoms with Crippen molar-refractivity contribution in [3.63, 3.8) is 0 Å². The van der Waals surface area contributed by atoms with Gasteiger partial charge in [0.05, 0.1) is 5.69 Å². The number of aryl methyl sites for hydroxylation is 1. The van der Waals surface area contributed by atoms with Gasteiger partial charge in [0.1, 0.15) is 5.82 Å². The van der Waals surface area contributed by atoms with E-state index in [1.54, 1.807) is 17.9 Å². The number of rotatable bonds is 5. The summed E-state index contributed by atoms with van der Waals surface area (Å²) in [6, 6.07) is 2.74. The minimum absolute atomic E-state index is 0.0786. The second kappa shape index (κ2) is 5.98. The molecule has 0 fully saturated rings. The first-order valence-corrected chi connectivity index (χ1v) is 6.25. The second-order valence-corrected chi connectivity index (χ2v) is 4.37. The van der Waals surface area contributed by atoms with E-state index in [1.165, 1.54) is 7.05 Å². The molecule has 0 atom stereocenters. The van der Waals surface area contributed by atoms with E-state index in [9.17, 15) is 13.2 Å². The van der Waals surface area contributed by atoms with Crippen LogP contribution in [0.15, 0.2) is 18.3 Å². The first-order chi connectivity index (χ1) is 9.88. The molecule has 0 saturated heterocycles. The average Bonchev–Trinajstić information content (AvgIpc) is 2.83. The first kappa shape index (κ1) is 15.1. The zero-order chi connectivity index (χ0) is 15.5. The smallest absolute Gasteiger partial charge is 0.370 e. The molecular formula is C12H15F3N6. The summed E-state index contributed by atoms with van der Waals surface area (Å²) in [4.78, 5) is 7.33. The van der Waals surface area contributed by atoms with Crippen LogP contribution in [0.25, 0.3) is 0 Å². The summed E-state index contributed by atoms with van der Waals surface area (Å²) in [6.07, 6.45) is -2.12. The summed E-state index contributed by atoms with van der Waals surface area (Å²) in [5.41, 5.74) is -0.133. The third-order valence-electron chi connectivity index (χ3n) is 2.70. The fourth-order valence-electron chi connectivity index (χ4n) is 1.71. The predicted molar refractivity (Wildman–Crippen MR) is 72.0 cm³/mol. The van der Waals surface area contributed by atoms with Crippen LogP contribution in [0.1, 0.15) is 11.4 Å². The summed E-state index contributed by atoms with van der Waals surface area (Å²) < 4.78 is 39.8. The van der Waals surface area contributed by atoms with Crippen molar-refractivity contribution < 1.29 is 13.2 Å². The largest absolute Gasteiger partial charge is 0.433 e. The fourth-order valence-corrected chi connectivity index (χ4v) is 1.71. The average molecular weight is 300 g/mol. The van der Waals surface area contributed by atoms with E-state index < -0.39 is 11.9 Å². The molecule has 2 N–H and O–H groups in total. The van der Waals surface area contributed by atoms with Gasteiger partial charge in [-0.2, -0.15) is 23.3 Å². The van der Waals surface area contributed by atoms with E-state index in [4.69, 9.17) is 0 Å². The molecule has 0 bridgehead atoms. The number of nitrogens with one attached hydrogen (secondary N) is 2. The Balaban J connectivity index is 2.05. The van der Waals surface area contributed by atoms with Crippen LogP contribution in [0.2, 0.25) is 0 Å². The molecule has 2 aromatic heterocycles. The lowest BCUT2D eigenvalue weighted by atomic mass is 10.3. The molecule has 2 rings (SSSR count). The van der Waals surface area contributed by atoms with Crippen LogP contribution < -0.4 is 10.6 Å². The van der Waals surface area contributed by atoms with Crippen LogP contribution in [-0.4, -0.2) is 33.3 Å². The van der Waals surface area contributed by atoms with E-state index in [0.29, 0.717) is 13.0 Å². The SMILES string of the molecule is CNc1nc(NCCc2ccn(C)n2)cc(C(F)(F)F)n1. The Hall–Kier alpha value is -2.32. The first-order valence-electron chi connectivity index (χ1n) is 6.25. The molecule has 21 heavy (non-hydrogen) atoms. The number of nitrogens with zero attached hydrogens (tertiary/aromatic N) is 4. The lowest BCUT2D eigenvalue weighted by Gasteiger charge is -2.11. The van der Waals surface area contributed by atoms with Crippen LogP contribution in [0.5, 0.6) is 0 Å². The maximum atomic E-state index is 12.7. The van der Waals surface area contributed by atoms with Crippen molar-refractivity contribution in [3.8, 4) is 0 Å². The van der Waals surface area contributed by atoms with Crippen LogP contribution >= 0.6 is 0 Å². The molecule has 114 valence electrons. The normalized spacial score (nSPS) is 11.5. The van der Waals surface area contributed by atoms with Gasteiger partial charge in [0.2, 0.25) is 5.95 Å². The summed E-state index contributed by atoms with van der Waals surface area (Å²) >= 11 is 0. The number of halogens is 3. The Morgan fingerprint density at radius 2 is 2.05 bits per heavy atom. The van der Waals surface area contributed by atoms with E-state index in [2.05, 4.69) is 25.7 Å². The molecule has 2 aromatic rings. The quantitative estimate of drug-likeness (QED) is 0.883. The zero-order valence-electron chi connectivity index (χ0n) is 11.6. The summed E-state index contributed by atoms with van der Waals surface area (Å²) in [5.74, 6) is 0.0442. The van der Waals surface area contributed by atoms with Gasteiger partial charge in [-0.15, -0.1) is 0 Å². The van der Waals surface area contributed by atoms with Crippen molar-refractivity contribution in [1.29, 1.82) is 0 Å². The number of alkyl halides is 3. The lowest BCUT2D eigenvalue weighted by molar-refractivity contribution is -0.141. The Bertz CT molecular complexity index is 607. The Kier molecular flexibility index (Phi) is 4.29. The fraction of sp³-hybridized carbons (Fsp3) is 0.417. The predicted octanol–water partition coefficient (Wildman–Crippen LogP) is 1.93.